The van der Waals surface area contributed by atoms with Crippen molar-refractivity contribution in [2.45, 2.75) is 20.3 Å². The average molecular weight is 274 g/mol. The molecule has 0 amide bonds. The predicted molar refractivity (Wildman–Crippen MR) is 69.9 cm³/mol. The number of aromatic nitrogens is 1. The Morgan fingerprint density at radius 3 is 2.78 bits per heavy atom. The molecule has 0 bridgehead atoms. The number of pyridine rings is 1. The second-order valence-electron chi connectivity index (χ2n) is 4.78. The van der Waals surface area contributed by atoms with Crippen molar-refractivity contribution in [3.63, 3.8) is 0 Å². The molecule has 0 spiro atoms. The van der Waals surface area contributed by atoms with E-state index in [-0.39, 0.29) is 22.9 Å². The average Bonchev–Trinajstić information content (AvgIpc) is 2.26. The van der Waals surface area contributed by atoms with Gasteiger partial charge in [0.1, 0.15) is 11.0 Å². The van der Waals surface area contributed by atoms with Crippen LogP contribution >= 0.6 is 11.6 Å². The van der Waals surface area contributed by atoms with Gasteiger partial charge in [0, 0.05) is 13.2 Å². The van der Waals surface area contributed by atoms with Crippen molar-refractivity contribution < 1.29 is 10.0 Å². The number of aliphatic hydroxyl groups excluding tert-OH is 1. The van der Waals surface area contributed by atoms with Gasteiger partial charge in [0.2, 0.25) is 0 Å². The molecule has 0 aliphatic carbocycles. The van der Waals surface area contributed by atoms with Crippen LogP contribution in [0.2, 0.25) is 5.15 Å². The van der Waals surface area contributed by atoms with Gasteiger partial charge in [-0.25, -0.2) is 4.98 Å². The fourth-order valence-electron chi connectivity index (χ4n) is 1.40. The van der Waals surface area contributed by atoms with E-state index in [1.807, 2.05) is 13.8 Å². The standard InChI is InChI=1S/C11H16ClN3O3/c1-11(2,3-4-16)7-13-10-6-8(15(17)18)5-9(12)14-10/h5-6,16H,3-4,7H2,1-2H3,(H,13,14). The number of nitrogens with one attached hydrogen (secondary N) is 1. The van der Waals surface area contributed by atoms with Crippen molar-refractivity contribution in [2.75, 3.05) is 18.5 Å². The summed E-state index contributed by atoms with van der Waals surface area (Å²) in [5.74, 6) is 0.361. The molecule has 100 valence electrons. The summed E-state index contributed by atoms with van der Waals surface area (Å²) in [7, 11) is 0. The first-order valence-corrected chi connectivity index (χ1v) is 5.88. The molecule has 0 radical (unpaired) electrons. The van der Waals surface area contributed by atoms with Gasteiger partial charge >= 0.3 is 0 Å². The predicted octanol–water partition coefficient (Wildman–Crippen LogP) is 2.46. The minimum atomic E-state index is -0.516. The Morgan fingerprint density at radius 2 is 2.22 bits per heavy atom. The molecule has 0 aromatic carbocycles. The third-order valence-electron chi connectivity index (χ3n) is 2.53. The summed E-state index contributed by atoms with van der Waals surface area (Å²) in [6.07, 6.45) is 0.628. The van der Waals surface area contributed by atoms with Crippen molar-refractivity contribution in [3.05, 3.63) is 27.4 Å². The number of hydrogen-bond acceptors (Lipinski definition) is 5. The topological polar surface area (TPSA) is 88.3 Å². The van der Waals surface area contributed by atoms with Gasteiger partial charge in [0.25, 0.3) is 5.69 Å². The molecule has 0 unspecified atom stereocenters. The molecule has 1 aromatic heterocycles. The number of nitrogens with zero attached hydrogens (tertiary/aromatic N) is 2. The number of rotatable bonds is 6. The number of anilines is 1. The molecule has 18 heavy (non-hydrogen) atoms. The van der Waals surface area contributed by atoms with Gasteiger partial charge in [0.15, 0.2) is 0 Å². The highest BCUT2D eigenvalue weighted by Gasteiger charge is 2.18. The monoisotopic (exact) mass is 273 g/mol. The molecule has 0 atom stereocenters. The van der Waals surface area contributed by atoms with Gasteiger partial charge in [-0.3, -0.25) is 10.1 Å². The van der Waals surface area contributed by atoms with Crippen LogP contribution in [0.1, 0.15) is 20.3 Å². The second kappa shape index (κ2) is 5.97. The Kier molecular flexibility index (Phi) is 4.86. The number of halogens is 1. The molecule has 1 aromatic rings. The second-order valence-corrected chi connectivity index (χ2v) is 5.17. The van der Waals surface area contributed by atoms with E-state index < -0.39 is 4.92 Å². The summed E-state index contributed by atoms with van der Waals surface area (Å²) in [5.41, 5.74) is -0.231. The molecular weight excluding hydrogens is 258 g/mol. The van der Waals surface area contributed by atoms with Crippen molar-refractivity contribution in [1.29, 1.82) is 0 Å². The lowest BCUT2D eigenvalue weighted by Crippen LogP contribution is -2.24. The van der Waals surface area contributed by atoms with E-state index in [2.05, 4.69) is 10.3 Å². The normalized spacial score (nSPS) is 11.3. The zero-order valence-corrected chi connectivity index (χ0v) is 11.1. The summed E-state index contributed by atoms with van der Waals surface area (Å²) < 4.78 is 0. The molecule has 7 heteroatoms. The molecule has 0 saturated carbocycles. The van der Waals surface area contributed by atoms with Crippen LogP contribution in [0.3, 0.4) is 0 Å². The summed E-state index contributed by atoms with van der Waals surface area (Å²) in [6, 6.07) is 2.53. The van der Waals surface area contributed by atoms with Crippen LogP contribution < -0.4 is 5.32 Å². The van der Waals surface area contributed by atoms with Gasteiger partial charge in [0.05, 0.1) is 17.1 Å². The first-order chi connectivity index (χ1) is 8.34. The first kappa shape index (κ1) is 14.7. The van der Waals surface area contributed by atoms with Crippen LogP contribution in [-0.2, 0) is 0 Å². The third-order valence-corrected chi connectivity index (χ3v) is 2.72. The lowest BCUT2D eigenvalue weighted by Gasteiger charge is -2.24. The Morgan fingerprint density at radius 1 is 1.56 bits per heavy atom. The third kappa shape index (κ3) is 4.46. The highest BCUT2D eigenvalue weighted by Crippen LogP contribution is 2.23. The summed E-state index contributed by atoms with van der Waals surface area (Å²) in [6.45, 7) is 4.60. The van der Waals surface area contributed by atoms with Gasteiger partial charge < -0.3 is 10.4 Å². The zero-order valence-electron chi connectivity index (χ0n) is 10.3. The van der Waals surface area contributed by atoms with Gasteiger partial charge in [-0.2, -0.15) is 0 Å². The van der Waals surface area contributed by atoms with E-state index in [0.717, 1.165) is 0 Å². The Bertz CT molecular complexity index is 438. The quantitative estimate of drug-likeness (QED) is 0.472. The van der Waals surface area contributed by atoms with Crippen LogP contribution in [0, 0.1) is 15.5 Å². The lowest BCUT2D eigenvalue weighted by molar-refractivity contribution is -0.384. The zero-order chi connectivity index (χ0) is 13.8. The van der Waals surface area contributed by atoms with Crippen LogP contribution in [-0.4, -0.2) is 28.2 Å². The molecule has 0 saturated heterocycles. The smallest absolute Gasteiger partial charge is 0.276 e. The van der Waals surface area contributed by atoms with Gasteiger partial charge in [-0.15, -0.1) is 0 Å². The highest BCUT2D eigenvalue weighted by molar-refractivity contribution is 6.29. The largest absolute Gasteiger partial charge is 0.396 e. The van der Waals surface area contributed by atoms with Crippen molar-refractivity contribution in [1.82, 2.24) is 4.98 Å². The van der Waals surface area contributed by atoms with Crippen LogP contribution in [0.4, 0.5) is 11.5 Å². The van der Waals surface area contributed by atoms with Crippen molar-refractivity contribution in [3.8, 4) is 0 Å². The maximum absolute atomic E-state index is 10.7. The Balaban J connectivity index is 2.76. The number of hydrogen-bond donors (Lipinski definition) is 2. The van der Waals surface area contributed by atoms with E-state index in [0.29, 0.717) is 18.8 Å². The van der Waals surface area contributed by atoms with Crippen LogP contribution in [0.15, 0.2) is 12.1 Å². The molecule has 6 nitrogen and oxygen atoms in total. The SMILES string of the molecule is CC(C)(CCO)CNc1cc([N+](=O)[O-])cc(Cl)n1. The lowest BCUT2D eigenvalue weighted by atomic mass is 9.90. The van der Waals surface area contributed by atoms with Crippen LogP contribution in [0.5, 0.6) is 0 Å². The summed E-state index contributed by atoms with van der Waals surface area (Å²) in [4.78, 5) is 14.1. The minimum Gasteiger partial charge on any atom is -0.396 e. The molecule has 0 fully saturated rings. The highest BCUT2D eigenvalue weighted by atomic mass is 35.5. The first-order valence-electron chi connectivity index (χ1n) is 5.51. The molecular formula is C11H16ClN3O3. The van der Waals surface area contributed by atoms with E-state index in [4.69, 9.17) is 16.7 Å². The Labute approximate surface area is 110 Å². The molecule has 1 heterocycles. The van der Waals surface area contributed by atoms with Crippen molar-refractivity contribution in [2.24, 2.45) is 5.41 Å². The summed E-state index contributed by atoms with van der Waals surface area (Å²) >= 11 is 5.71. The number of nitro groups is 1. The van der Waals surface area contributed by atoms with Gasteiger partial charge in [-0.1, -0.05) is 25.4 Å². The van der Waals surface area contributed by atoms with E-state index in [1.54, 1.807) is 0 Å². The van der Waals surface area contributed by atoms with Crippen molar-refractivity contribution >= 4 is 23.1 Å². The number of aliphatic hydroxyl groups is 1. The maximum atomic E-state index is 10.7. The molecule has 1 rings (SSSR count). The molecule has 2 N–H and O–H groups in total. The minimum absolute atomic E-state index is 0.0756. The van der Waals surface area contributed by atoms with E-state index in [9.17, 15) is 10.1 Å². The fourth-order valence-corrected chi connectivity index (χ4v) is 1.60. The maximum Gasteiger partial charge on any atom is 0.276 e. The van der Waals surface area contributed by atoms with Gasteiger partial charge in [-0.05, 0) is 11.8 Å². The Hall–Kier alpha value is -1.40. The molecule has 0 aliphatic heterocycles. The summed E-state index contributed by atoms with van der Waals surface area (Å²) in [5, 5.41) is 22.6. The fraction of sp³-hybridized carbons (Fsp3) is 0.545. The van der Waals surface area contributed by atoms with Crippen LogP contribution in [0.25, 0.3) is 0 Å². The van der Waals surface area contributed by atoms with E-state index >= 15 is 0 Å². The molecule has 0 aliphatic rings. The van der Waals surface area contributed by atoms with E-state index in [1.165, 1.54) is 12.1 Å².